The zero-order valence-corrected chi connectivity index (χ0v) is 16.5. The van der Waals surface area contributed by atoms with E-state index in [0.29, 0.717) is 6.42 Å². The maximum Gasteiger partial charge on any atom is 0.355 e. The van der Waals surface area contributed by atoms with Crippen molar-refractivity contribution in [2.45, 2.75) is 6.42 Å². The van der Waals surface area contributed by atoms with Gasteiger partial charge in [0.25, 0.3) is 5.39 Å². The Balaban J connectivity index is 1.77. The van der Waals surface area contributed by atoms with Crippen LogP contribution in [0.25, 0.3) is 21.5 Å². The molecule has 0 spiro atoms. The number of allylic oxidation sites excluding steroid dienone is 5. The van der Waals surface area contributed by atoms with E-state index in [0.717, 1.165) is 20.9 Å². The molecule has 0 saturated carbocycles. The minimum absolute atomic E-state index is 0.0992. The van der Waals surface area contributed by atoms with Crippen molar-refractivity contribution in [3.05, 3.63) is 80.6 Å². The first-order valence-electron chi connectivity index (χ1n) is 8.33. The third-order valence-electron chi connectivity index (χ3n) is 4.25. The van der Waals surface area contributed by atoms with Crippen LogP contribution in [0.5, 0.6) is 0 Å². The van der Waals surface area contributed by atoms with Gasteiger partial charge >= 0.3 is 11.1 Å². The van der Waals surface area contributed by atoms with Crippen LogP contribution in [0, 0.1) is 5.39 Å². The summed E-state index contributed by atoms with van der Waals surface area (Å²) in [6.45, 7) is 0.0992. The first-order chi connectivity index (χ1) is 13.6. The van der Waals surface area contributed by atoms with Gasteiger partial charge in [0.1, 0.15) is 5.70 Å². The fraction of sp³-hybridized carbons (Fsp3) is 0.158. The van der Waals surface area contributed by atoms with Crippen LogP contribution in [-0.4, -0.2) is 22.9 Å². The molecule has 0 N–H and O–H groups in total. The Morgan fingerprint density at radius 1 is 1.36 bits per heavy atom. The molecular weight excluding hydrogens is 424 g/mol. The number of benzene rings is 1. The first kappa shape index (κ1) is 19.4. The van der Waals surface area contributed by atoms with Gasteiger partial charge < -0.3 is 19.9 Å². The minimum Gasteiger partial charge on any atom is -0.706 e. The second-order valence-electron chi connectivity index (χ2n) is 5.94. The Bertz CT molecular complexity index is 1120. The standard InChI is InChI=1S/C19H15BrN6O2/c1-26-11-12(17-14(20)6-4-8-16(17)26)9-10-28-19(27)18(23-21)13-5-2-3-7-15(13)24-25-22/h2-8,11H,9-10H2,1H3. The third kappa shape index (κ3) is 3.82. The predicted molar refractivity (Wildman–Crippen MR) is 109 cm³/mol. The van der Waals surface area contributed by atoms with Gasteiger partial charge in [-0.05, 0) is 23.8 Å². The lowest BCUT2D eigenvalue weighted by Crippen LogP contribution is -2.14. The predicted octanol–water partition coefficient (Wildman–Crippen LogP) is 4.64. The van der Waals surface area contributed by atoms with Gasteiger partial charge in [0.05, 0.1) is 6.61 Å². The molecule has 0 bridgehead atoms. The number of aryl methyl sites for hydroxylation is 1. The van der Waals surface area contributed by atoms with E-state index in [2.05, 4.69) is 31.2 Å². The maximum atomic E-state index is 12.4. The number of rotatable bonds is 5. The molecular formula is C19H15BrN6O2. The number of carbonyl (C=O) groups excluding carboxylic acids is 1. The Kier molecular flexibility index (Phi) is 5.91. The highest BCUT2D eigenvalue weighted by atomic mass is 79.9. The van der Waals surface area contributed by atoms with E-state index in [9.17, 15) is 10.3 Å². The average Bonchev–Trinajstić information content (AvgIpc) is 3.01. The summed E-state index contributed by atoms with van der Waals surface area (Å²) in [7, 11) is 1.95. The van der Waals surface area contributed by atoms with Crippen molar-refractivity contribution in [1.29, 1.82) is 5.39 Å². The fourth-order valence-corrected chi connectivity index (χ4v) is 3.63. The highest BCUT2D eigenvalue weighted by molar-refractivity contribution is 9.10. The van der Waals surface area contributed by atoms with Gasteiger partial charge in [0.2, 0.25) is 0 Å². The lowest BCUT2D eigenvalue weighted by molar-refractivity contribution is -0.139. The van der Waals surface area contributed by atoms with Crippen LogP contribution in [0.4, 0.5) is 0 Å². The van der Waals surface area contributed by atoms with Crippen molar-refractivity contribution in [2.75, 3.05) is 6.61 Å². The summed E-state index contributed by atoms with van der Waals surface area (Å²) in [6, 6.07) is 5.93. The molecule has 0 saturated heterocycles. The van der Waals surface area contributed by atoms with E-state index >= 15 is 0 Å². The summed E-state index contributed by atoms with van der Waals surface area (Å²) >= 11 is 3.56. The summed E-state index contributed by atoms with van der Waals surface area (Å²) in [5, 5.41) is 19.0. The molecule has 2 aromatic rings. The normalized spacial score (nSPS) is 16.2. The largest absolute Gasteiger partial charge is 0.706 e. The average molecular weight is 439 g/mol. The lowest BCUT2D eigenvalue weighted by Gasteiger charge is -2.11. The smallest absolute Gasteiger partial charge is 0.355 e. The zero-order chi connectivity index (χ0) is 20.1. The molecule has 0 fully saturated rings. The van der Waals surface area contributed by atoms with Gasteiger partial charge in [-0.2, -0.15) is 0 Å². The molecule has 1 aliphatic rings. The Labute approximate surface area is 169 Å². The number of esters is 1. The Hall–Kier alpha value is -3.38. The molecule has 3 rings (SSSR count). The topological polar surface area (TPSA) is 106 Å². The van der Waals surface area contributed by atoms with Crippen molar-refractivity contribution in [2.24, 2.45) is 17.3 Å². The molecule has 0 unspecified atom stereocenters. The van der Waals surface area contributed by atoms with Crippen molar-refractivity contribution in [3.63, 3.8) is 0 Å². The minimum atomic E-state index is -0.803. The van der Waals surface area contributed by atoms with E-state index in [4.69, 9.17) is 10.1 Å². The molecule has 8 nitrogen and oxygen atoms in total. The number of fused-ring (bicyclic) bond motifs is 1. The number of diazo groups is 1. The third-order valence-corrected chi connectivity index (χ3v) is 4.91. The molecule has 9 heteroatoms. The van der Waals surface area contributed by atoms with E-state index in [1.165, 1.54) is 12.2 Å². The van der Waals surface area contributed by atoms with Crippen molar-refractivity contribution in [1.82, 2.24) is 4.57 Å². The second-order valence-corrected chi connectivity index (χ2v) is 6.79. The highest BCUT2D eigenvalue weighted by Gasteiger charge is 2.20. The van der Waals surface area contributed by atoms with Gasteiger partial charge in [-0.1, -0.05) is 40.2 Å². The molecule has 140 valence electrons. The molecule has 0 amide bonds. The van der Waals surface area contributed by atoms with Crippen LogP contribution < -0.4 is 0 Å². The van der Waals surface area contributed by atoms with Crippen LogP contribution in [0.15, 0.2) is 74.7 Å². The SMILES string of the molecule is Cn1cc(CCOC(=O)C(N=[N-])=C2C=CC=CC2=N[N+]#N)c2c(Br)cccc21. The van der Waals surface area contributed by atoms with Gasteiger partial charge in [-0.25, -0.2) is 4.79 Å². The van der Waals surface area contributed by atoms with Crippen LogP contribution in [-0.2, 0) is 23.0 Å². The van der Waals surface area contributed by atoms with Crippen LogP contribution in [0.1, 0.15) is 5.56 Å². The van der Waals surface area contributed by atoms with Crippen LogP contribution in [0.2, 0.25) is 0 Å². The van der Waals surface area contributed by atoms with Gasteiger partial charge in [0, 0.05) is 40.6 Å². The zero-order valence-electron chi connectivity index (χ0n) is 14.9. The van der Waals surface area contributed by atoms with Gasteiger partial charge in [0.15, 0.2) is 10.8 Å². The summed E-state index contributed by atoms with van der Waals surface area (Å²) in [6.07, 6.45) is 8.79. The monoisotopic (exact) mass is 438 g/mol. The van der Waals surface area contributed by atoms with Crippen molar-refractivity contribution in [3.8, 4) is 0 Å². The number of ether oxygens (including phenoxy) is 1. The number of hydrogen-bond acceptors (Lipinski definition) is 5. The summed E-state index contributed by atoms with van der Waals surface area (Å²) in [5.74, 6) is -0.803. The fourth-order valence-electron chi connectivity index (χ4n) is 3.02. The molecule has 0 radical (unpaired) electrons. The number of hydrogen-bond donors (Lipinski definition) is 0. The van der Waals surface area contributed by atoms with E-state index in [1.54, 1.807) is 12.2 Å². The number of carbonyl (C=O) groups is 1. The quantitative estimate of drug-likeness (QED) is 0.223. The Morgan fingerprint density at radius 3 is 2.89 bits per heavy atom. The molecule has 1 aromatic carbocycles. The first-order valence-corrected chi connectivity index (χ1v) is 9.12. The van der Waals surface area contributed by atoms with Crippen molar-refractivity contribution < 1.29 is 9.53 Å². The second kappa shape index (κ2) is 8.54. The number of nitrogens with zero attached hydrogens (tertiary/aromatic N) is 6. The highest BCUT2D eigenvalue weighted by Crippen LogP contribution is 2.29. The van der Waals surface area contributed by atoms with E-state index in [-0.39, 0.29) is 23.6 Å². The molecule has 0 aliphatic heterocycles. The van der Waals surface area contributed by atoms with Gasteiger partial charge in [-0.3, -0.25) is 0 Å². The lowest BCUT2D eigenvalue weighted by atomic mass is 10.0. The summed E-state index contributed by atoms with van der Waals surface area (Å²) < 4.78 is 8.27. The number of halogens is 1. The van der Waals surface area contributed by atoms with Crippen molar-refractivity contribution >= 4 is 38.5 Å². The molecule has 1 aliphatic carbocycles. The summed E-state index contributed by atoms with van der Waals surface area (Å²) in [5.41, 5.74) is 11.4. The van der Waals surface area contributed by atoms with E-state index < -0.39 is 5.97 Å². The van der Waals surface area contributed by atoms with Crippen LogP contribution in [0.3, 0.4) is 0 Å². The van der Waals surface area contributed by atoms with E-state index in [1.807, 2.05) is 36.0 Å². The Morgan fingerprint density at radius 2 is 2.14 bits per heavy atom. The number of aromatic nitrogens is 1. The maximum absolute atomic E-state index is 12.4. The molecule has 1 aromatic heterocycles. The van der Waals surface area contributed by atoms with Gasteiger partial charge in [-0.15, -0.1) is 0 Å². The molecule has 1 heterocycles. The van der Waals surface area contributed by atoms with Crippen LogP contribution >= 0.6 is 15.9 Å². The molecule has 0 atom stereocenters. The molecule has 28 heavy (non-hydrogen) atoms. The summed E-state index contributed by atoms with van der Waals surface area (Å²) in [4.78, 5) is 12.4.